The van der Waals surface area contributed by atoms with Crippen LogP contribution in [-0.2, 0) is 0 Å². The summed E-state index contributed by atoms with van der Waals surface area (Å²) in [4.78, 5) is 22.3. The Labute approximate surface area is 219 Å². The minimum atomic E-state index is -0.264. The van der Waals surface area contributed by atoms with E-state index in [2.05, 4.69) is 15.6 Å². The zero-order valence-electron chi connectivity index (χ0n) is 20.2. The Morgan fingerprint density at radius 2 is 1.62 bits per heavy atom. The van der Waals surface area contributed by atoms with Gasteiger partial charge in [-0.05, 0) is 54.6 Å². The Balaban J connectivity index is 1.38. The third kappa shape index (κ3) is 5.32. The fourth-order valence-corrected chi connectivity index (χ4v) is 4.08. The highest BCUT2D eigenvalue weighted by Crippen LogP contribution is 2.31. The van der Waals surface area contributed by atoms with Crippen LogP contribution in [0.4, 0.5) is 17.3 Å². The van der Waals surface area contributed by atoms with Crippen LogP contribution in [0.25, 0.3) is 22.2 Å². The van der Waals surface area contributed by atoms with E-state index in [-0.39, 0.29) is 5.91 Å². The Bertz CT molecular complexity index is 1570. The smallest absolute Gasteiger partial charge is 0.255 e. The number of amides is 1. The van der Waals surface area contributed by atoms with Gasteiger partial charge in [0.2, 0.25) is 5.95 Å². The molecule has 0 aliphatic carbocycles. The normalized spacial score (nSPS) is 10.7. The first-order chi connectivity index (χ1) is 18.0. The van der Waals surface area contributed by atoms with Gasteiger partial charge in [-0.25, -0.2) is 9.97 Å². The molecule has 5 rings (SSSR count). The molecule has 8 heteroatoms. The van der Waals surface area contributed by atoms with Crippen molar-refractivity contribution >= 4 is 45.7 Å². The number of rotatable bonds is 7. The number of aromatic nitrogens is 2. The predicted molar refractivity (Wildman–Crippen MR) is 147 cm³/mol. The van der Waals surface area contributed by atoms with Gasteiger partial charge in [-0.1, -0.05) is 41.9 Å². The van der Waals surface area contributed by atoms with Gasteiger partial charge in [-0.15, -0.1) is 0 Å². The molecular weight excluding hydrogens is 488 g/mol. The second kappa shape index (κ2) is 10.6. The largest absolute Gasteiger partial charge is 0.497 e. The van der Waals surface area contributed by atoms with Crippen LogP contribution in [0, 0.1) is 0 Å². The van der Waals surface area contributed by atoms with Crippen molar-refractivity contribution < 1.29 is 14.3 Å². The number of carbonyl (C=O) groups excluding carboxylic acids is 1. The number of carbonyl (C=O) groups is 1. The molecule has 0 atom stereocenters. The molecule has 5 aromatic rings. The predicted octanol–water partition coefficient (Wildman–Crippen LogP) is 6.96. The number of ether oxygens (including phenoxy) is 2. The number of nitrogens with one attached hydrogen (secondary N) is 2. The number of fused-ring (bicyclic) bond motifs is 1. The number of hydrogen-bond donors (Lipinski definition) is 2. The van der Waals surface area contributed by atoms with E-state index in [1.165, 1.54) is 7.11 Å². The van der Waals surface area contributed by atoms with Crippen molar-refractivity contribution in [2.45, 2.75) is 0 Å². The first kappa shape index (κ1) is 24.1. The second-order valence-corrected chi connectivity index (χ2v) is 8.58. The summed E-state index contributed by atoms with van der Waals surface area (Å²) in [5.41, 5.74) is 4.29. The van der Waals surface area contributed by atoms with Gasteiger partial charge in [0.05, 0.1) is 31.1 Å². The van der Waals surface area contributed by atoms with Gasteiger partial charge < -0.3 is 20.1 Å². The molecule has 0 spiro atoms. The number of hydrogen-bond acceptors (Lipinski definition) is 6. The van der Waals surface area contributed by atoms with Crippen LogP contribution in [0.5, 0.6) is 11.5 Å². The lowest BCUT2D eigenvalue weighted by molar-refractivity contribution is 0.102. The van der Waals surface area contributed by atoms with Gasteiger partial charge >= 0.3 is 0 Å². The first-order valence-corrected chi connectivity index (χ1v) is 11.8. The summed E-state index contributed by atoms with van der Waals surface area (Å²) in [6.07, 6.45) is 0. The summed E-state index contributed by atoms with van der Waals surface area (Å²) in [6.45, 7) is 0. The minimum Gasteiger partial charge on any atom is -0.497 e. The van der Waals surface area contributed by atoms with Crippen molar-refractivity contribution in [3.8, 4) is 22.8 Å². The molecular formula is C29H23ClN4O3. The number of methoxy groups -OCH3 is 2. The molecule has 2 N–H and O–H groups in total. The lowest BCUT2D eigenvalue weighted by Crippen LogP contribution is -2.12. The highest BCUT2D eigenvalue weighted by Gasteiger charge is 2.13. The monoisotopic (exact) mass is 510 g/mol. The first-order valence-electron chi connectivity index (χ1n) is 11.5. The van der Waals surface area contributed by atoms with Crippen molar-refractivity contribution in [2.75, 3.05) is 24.9 Å². The molecule has 1 heterocycles. The second-order valence-electron chi connectivity index (χ2n) is 8.15. The van der Waals surface area contributed by atoms with Crippen LogP contribution in [0.15, 0.2) is 91.0 Å². The van der Waals surface area contributed by atoms with Crippen molar-refractivity contribution in [1.82, 2.24) is 9.97 Å². The summed E-state index contributed by atoms with van der Waals surface area (Å²) in [6, 6.07) is 27.7. The molecule has 1 aromatic heterocycles. The average molecular weight is 511 g/mol. The average Bonchev–Trinajstić information content (AvgIpc) is 2.94. The van der Waals surface area contributed by atoms with E-state index in [4.69, 9.17) is 26.1 Å². The molecule has 0 saturated carbocycles. The van der Waals surface area contributed by atoms with E-state index in [1.54, 1.807) is 55.6 Å². The fourth-order valence-electron chi connectivity index (χ4n) is 3.90. The number of nitrogens with zero attached hydrogens (tertiary/aromatic N) is 2. The molecule has 0 fully saturated rings. The van der Waals surface area contributed by atoms with E-state index in [0.29, 0.717) is 33.7 Å². The topological polar surface area (TPSA) is 85.4 Å². The molecule has 0 aliphatic heterocycles. The lowest BCUT2D eigenvalue weighted by Gasteiger charge is -2.12. The van der Waals surface area contributed by atoms with Gasteiger partial charge in [0.25, 0.3) is 5.91 Å². The fraction of sp³-hybridized carbons (Fsp3) is 0.0690. The van der Waals surface area contributed by atoms with Crippen LogP contribution in [0.1, 0.15) is 10.4 Å². The van der Waals surface area contributed by atoms with Gasteiger partial charge in [0.15, 0.2) is 0 Å². The molecule has 0 unspecified atom stereocenters. The highest BCUT2D eigenvalue weighted by atomic mass is 35.5. The Morgan fingerprint density at radius 3 is 2.35 bits per heavy atom. The maximum atomic E-state index is 12.8. The van der Waals surface area contributed by atoms with Crippen LogP contribution in [0.3, 0.4) is 0 Å². The van der Waals surface area contributed by atoms with Crippen LogP contribution in [0.2, 0.25) is 5.02 Å². The van der Waals surface area contributed by atoms with Gasteiger partial charge in [-0.2, -0.15) is 0 Å². The van der Waals surface area contributed by atoms with Crippen LogP contribution < -0.4 is 20.1 Å². The third-order valence-electron chi connectivity index (χ3n) is 5.77. The number of benzene rings is 4. The van der Waals surface area contributed by atoms with Crippen molar-refractivity contribution in [3.05, 3.63) is 102 Å². The molecule has 0 bridgehead atoms. The Hall–Kier alpha value is -4.62. The molecule has 1 amide bonds. The van der Waals surface area contributed by atoms with E-state index < -0.39 is 0 Å². The third-order valence-corrected chi connectivity index (χ3v) is 6.00. The molecule has 0 radical (unpaired) electrons. The zero-order chi connectivity index (χ0) is 25.8. The molecule has 7 nitrogen and oxygen atoms in total. The van der Waals surface area contributed by atoms with Crippen molar-refractivity contribution in [1.29, 1.82) is 0 Å². The number of anilines is 3. The minimum absolute atomic E-state index is 0.264. The Morgan fingerprint density at radius 1 is 0.838 bits per heavy atom. The zero-order valence-corrected chi connectivity index (χ0v) is 20.9. The van der Waals surface area contributed by atoms with Crippen LogP contribution in [-0.4, -0.2) is 30.1 Å². The maximum Gasteiger partial charge on any atom is 0.255 e. The summed E-state index contributed by atoms with van der Waals surface area (Å²) >= 11 is 6.25. The van der Waals surface area contributed by atoms with E-state index in [1.807, 2.05) is 42.5 Å². The molecule has 37 heavy (non-hydrogen) atoms. The maximum absolute atomic E-state index is 12.8. The summed E-state index contributed by atoms with van der Waals surface area (Å²) in [5, 5.41) is 7.61. The molecule has 0 saturated heterocycles. The van der Waals surface area contributed by atoms with E-state index in [9.17, 15) is 4.79 Å². The molecule has 4 aromatic carbocycles. The van der Waals surface area contributed by atoms with Crippen molar-refractivity contribution in [2.24, 2.45) is 0 Å². The van der Waals surface area contributed by atoms with Gasteiger partial charge in [-0.3, -0.25) is 4.79 Å². The van der Waals surface area contributed by atoms with E-state index >= 15 is 0 Å². The summed E-state index contributed by atoms with van der Waals surface area (Å²) in [7, 11) is 3.11. The van der Waals surface area contributed by atoms with E-state index in [0.717, 1.165) is 27.8 Å². The summed E-state index contributed by atoms with van der Waals surface area (Å²) < 4.78 is 10.6. The Kier molecular flexibility index (Phi) is 6.87. The number of halogens is 1. The quantitative estimate of drug-likeness (QED) is 0.246. The molecule has 184 valence electrons. The molecule has 0 aliphatic rings. The SMILES string of the molecule is COc1ccc(NC(=O)c2ccc(Nc3nc(-c4ccccc4)c4cc(Cl)ccc4n3)cc2)c(OC)c1. The highest BCUT2D eigenvalue weighted by molar-refractivity contribution is 6.31. The van der Waals surface area contributed by atoms with Crippen molar-refractivity contribution in [3.63, 3.8) is 0 Å². The summed E-state index contributed by atoms with van der Waals surface area (Å²) in [5.74, 6) is 1.32. The lowest BCUT2D eigenvalue weighted by atomic mass is 10.1. The standard InChI is InChI=1S/C29H23ClN4O3/c1-36-22-13-15-25(26(17-22)37-2)32-28(35)19-8-11-21(12-9-19)31-29-33-24-14-10-20(30)16-23(24)27(34-29)18-6-4-3-5-7-18/h3-17H,1-2H3,(H,32,35)(H,31,33,34). The van der Waals surface area contributed by atoms with Gasteiger partial charge in [0.1, 0.15) is 11.5 Å². The van der Waals surface area contributed by atoms with Crippen LogP contribution >= 0.6 is 11.6 Å². The van der Waals surface area contributed by atoms with Gasteiger partial charge in [0, 0.05) is 33.3 Å².